The second-order valence-electron chi connectivity index (χ2n) is 5.52. The smallest absolute Gasteiger partial charge is 0.287 e. The summed E-state index contributed by atoms with van der Waals surface area (Å²) in [5, 5.41) is 1.74. The molecule has 6 nitrogen and oxygen atoms in total. The summed E-state index contributed by atoms with van der Waals surface area (Å²) >= 11 is 1.27. The first-order valence-corrected chi connectivity index (χ1v) is 8.21. The molecule has 7 heteroatoms. The fourth-order valence-electron chi connectivity index (χ4n) is 2.84. The van der Waals surface area contributed by atoms with Gasteiger partial charge in [-0.1, -0.05) is 6.42 Å². The van der Waals surface area contributed by atoms with Gasteiger partial charge in [0.2, 0.25) is 0 Å². The molecule has 0 saturated heterocycles. The predicted molar refractivity (Wildman–Crippen MR) is 85.3 cm³/mol. The maximum Gasteiger partial charge on any atom is 0.287 e. The molecule has 0 aliphatic carbocycles. The van der Waals surface area contributed by atoms with Crippen LogP contribution in [0.25, 0.3) is 10.2 Å². The molecule has 0 spiro atoms. The lowest BCUT2D eigenvalue weighted by molar-refractivity contribution is -0.0754. The second kappa shape index (κ2) is 5.81. The van der Waals surface area contributed by atoms with Crippen molar-refractivity contribution in [3.05, 3.63) is 26.6 Å². The van der Waals surface area contributed by atoms with Gasteiger partial charge >= 0.3 is 0 Å². The van der Waals surface area contributed by atoms with E-state index in [1.54, 1.807) is 11.6 Å². The van der Waals surface area contributed by atoms with E-state index in [1.165, 1.54) is 23.5 Å². The second-order valence-corrected chi connectivity index (χ2v) is 6.52. The Morgan fingerprint density at radius 1 is 1.36 bits per heavy atom. The van der Waals surface area contributed by atoms with E-state index in [0.29, 0.717) is 27.2 Å². The number of fused-ring (bicyclic) bond motifs is 2. The van der Waals surface area contributed by atoms with Crippen molar-refractivity contribution >= 4 is 27.5 Å². The monoisotopic (exact) mass is 321 g/mol. The third-order valence-electron chi connectivity index (χ3n) is 4.17. The van der Waals surface area contributed by atoms with Crippen molar-refractivity contribution in [2.75, 3.05) is 14.2 Å². The summed E-state index contributed by atoms with van der Waals surface area (Å²) < 4.78 is 1.78. The van der Waals surface area contributed by atoms with Crippen molar-refractivity contribution in [2.24, 2.45) is 0 Å². The molecule has 3 rings (SSSR count). The quantitative estimate of drug-likeness (QED) is 0.795. The highest BCUT2D eigenvalue weighted by molar-refractivity contribution is 7.20. The van der Waals surface area contributed by atoms with Gasteiger partial charge in [-0.2, -0.15) is 0 Å². The molecule has 22 heavy (non-hydrogen) atoms. The number of hydroxylamine groups is 2. The van der Waals surface area contributed by atoms with Crippen molar-refractivity contribution in [1.82, 2.24) is 14.6 Å². The van der Waals surface area contributed by atoms with Crippen LogP contribution in [0.4, 0.5) is 0 Å². The lowest BCUT2D eigenvalue weighted by Gasteiger charge is -2.12. The van der Waals surface area contributed by atoms with Crippen LogP contribution in [-0.2, 0) is 17.8 Å². The van der Waals surface area contributed by atoms with Crippen LogP contribution in [0.15, 0.2) is 4.79 Å². The van der Waals surface area contributed by atoms with Gasteiger partial charge in [-0.05, 0) is 25.3 Å². The average Bonchev–Trinajstić information content (AvgIpc) is 2.70. The number of carbonyl (C=O) groups is 1. The highest BCUT2D eigenvalue weighted by Crippen LogP contribution is 2.29. The minimum Gasteiger partial charge on any atom is -0.296 e. The van der Waals surface area contributed by atoms with Gasteiger partial charge in [0.1, 0.15) is 15.5 Å². The molecular weight excluding hydrogens is 302 g/mol. The molecule has 1 aliphatic heterocycles. The fourth-order valence-corrected chi connectivity index (χ4v) is 4.00. The van der Waals surface area contributed by atoms with E-state index >= 15 is 0 Å². The van der Waals surface area contributed by atoms with Crippen LogP contribution in [-0.4, -0.2) is 34.7 Å². The standard InChI is InChI=1S/C15H19N3O3S/c1-9-11-13(22-12(9)15(20)17(2)21-3)16-10-7-5-4-6-8-18(10)14(11)19/h4-8H2,1-3H3. The van der Waals surface area contributed by atoms with Gasteiger partial charge in [-0.15, -0.1) is 11.3 Å². The van der Waals surface area contributed by atoms with E-state index in [2.05, 4.69) is 4.98 Å². The lowest BCUT2D eigenvalue weighted by atomic mass is 10.2. The Labute approximate surface area is 132 Å². The molecule has 0 fully saturated rings. The number of aryl methyl sites for hydroxylation is 2. The van der Waals surface area contributed by atoms with E-state index in [-0.39, 0.29) is 11.5 Å². The Morgan fingerprint density at radius 3 is 2.86 bits per heavy atom. The summed E-state index contributed by atoms with van der Waals surface area (Å²) in [5.74, 6) is 0.595. The zero-order chi connectivity index (χ0) is 15.9. The number of hydrogen-bond donors (Lipinski definition) is 0. The maximum absolute atomic E-state index is 12.8. The van der Waals surface area contributed by atoms with Crippen molar-refractivity contribution in [1.29, 1.82) is 0 Å². The third-order valence-corrected chi connectivity index (χ3v) is 5.34. The first-order valence-electron chi connectivity index (χ1n) is 7.39. The summed E-state index contributed by atoms with van der Waals surface area (Å²) in [7, 11) is 3.00. The number of carbonyl (C=O) groups excluding carboxylic acids is 1. The minimum atomic E-state index is -0.248. The van der Waals surface area contributed by atoms with Crippen molar-refractivity contribution in [3.63, 3.8) is 0 Å². The van der Waals surface area contributed by atoms with E-state index < -0.39 is 0 Å². The average molecular weight is 321 g/mol. The SMILES string of the molecule is CON(C)C(=O)c1sc2nc3n(c(=O)c2c1C)CCCCC3. The topological polar surface area (TPSA) is 64.4 Å². The van der Waals surface area contributed by atoms with Gasteiger partial charge in [0.05, 0.1) is 12.5 Å². The Balaban J connectivity index is 2.21. The van der Waals surface area contributed by atoms with Crippen molar-refractivity contribution < 1.29 is 9.63 Å². The molecule has 1 amide bonds. The predicted octanol–water partition coefficient (Wildman–Crippen LogP) is 2.13. The van der Waals surface area contributed by atoms with E-state index in [4.69, 9.17) is 4.84 Å². The molecule has 0 unspecified atom stereocenters. The molecule has 0 bridgehead atoms. The first kappa shape index (κ1) is 15.2. The summed E-state index contributed by atoms with van der Waals surface area (Å²) in [6, 6.07) is 0. The van der Waals surface area contributed by atoms with Crippen LogP contribution in [0.3, 0.4) is 0 Å². The highest BCUT2D eigenvalue weighted by atomic mass is 32.1. The van der Waals surface area contributed by atoms with Crippen LogP contribution in [0.1, 0.15) is 40.3 Å². The van der Waals surface area contributed by atoms with Gasteiger partial charge in [0.25, 0.3) is 11.5 Å². The zero-order valence-electron chi connectivity index (χ0n) is 13.0. The fraction of sp³-hybridized carbons (Fsp3) is 0.533. The van der Waals surface area contributed by atoms with Gasteiger partial charge in [-0.25, -0.2) is 10.0 Å². The number of nitrogens with zero attached hydrogens (tertiary/aromatic N) is 3. The van der Waals surface area contributed by atoms with Gasteiger partial charge in [-0.3, -0.25) is 19.0 Å². The van der Waals surface area contributed by atoms with Crippen LogP contribution >= 0.6 is 11.3 Å². The molecule has 2 aromatic heterocycles. The molecule has 3 heterocycles. The molecule has 0 radical (unpaired) electrons. The Bertz CT molecular complexity index is 793. The van der Waals surface area contributed by atoms with Crippen LogP contribution < -0.4 is 5.56 Å². The van der Waals surface area contributed by atoms with Crippen LogP contribution in [0.5, 0.6) is 0 Å². The molecule has 0 N–H and O–H groups in total. The molecule has 118 valence electrons. The summed E-state index contributed by atoms with van der Waals surface area (Å²) in [4.78, 5) is 35.9. The van der Waals surface area contributed by atoms with Crippen molar-refractivity contribution in [2.45, 2.75) is 39.2 Å². The molecule has 0 atom stereocenters. The van der Waals surface area contributed by atoms with Crippen LogP contribution in [0, 0.1) is 6.92 Å². The number of hydrogen-bond acceptors (Lipinski definition) is 5. The zero-order valence-corrected chi connectivity index (χ0v) is 13.8. The highest BCUT2D eigenvalue weighted by Gasteiger charge is 2.23. The first-order chi connectivity index (χ1) is 10.5. The van der Waals surface area contributed by atoms with Crippen LogP contribution in [0.2, 0.25) is 0 Å². The Kier molecular flexibility index (Phi) is 4.01. The molecule has 0 saturated carbocycles. The third kappa shape index (κ3) is 2.34. The van der Waals surface area contributed by atoms with Gasteiger partial charge in [0, 0.05) is 20.0 Å². The van der Waals surface area contributed by atoms with Gasteiger partial charge in [0.15, 0.2) is 0 Å². The maximum atomic E-state index is 12.8. The minimum absolute atomic E-state index is 0.0187. The Morgan fingerprint density at radius 2 is 2.14 bits per heavy atom. The van der Waals surface area contributed by atoms with Crippen molar-refractivity contribution in [3.8, 4) is 0 Å². The molecule has 0 aromatic carbocycles. The number of thiophene rings is 1. The summed E-state index contributed by atoms with van der Waals surface area (Å²) in [6.07, 6.45) is 4.00. The summed E-state index contributed by atoms with van der Waals surface area (Å²) in [6.45, 7) is 2.52. The lowest BCUT2D eigenvalue weighted by Crippen LogP contribution is -2.26. The molecule has 2 aromatic rings. The summed E-state index contributed by atoms with van der Waals surface area (Å²) in [5.41, 5.74) is 0.681. The van der Waals surface area contributed by atoms with E-state index in [0.717, 1.165) is 31.5 Å². The molecular formula is C15H19N3O3S. The number of aromatic nitrogens is 2. The van der Waals surface area contributed by atoms with E-state index in [1.807, 2.05) is 6.92 Å². The number of amides is 1. The number of rotatable bonds is 2. The van der Waals surface area contributed by atoms with E-state index in [9.17, 15) is 9.59 Å². The van der Waals surface area contributed by atoms with Gasteiger partial charge < -0.3 is 0 Å². The molecule has 1 aliphatic rings. The normalized spacial score (nSPS) is 14.7. The Hall–Kier alpha value is -1.73. The largest absolute Gasteiger partial charge is 0.296 e.